The van der Waals surface area contributed by atoms with E-state index in [-0.39, 0.29) is 6.61 Å². The van der Waals surface area contributed by atoms with E-state index in [4.69, 9.17) is 9.52 Å². The molecule has 0 spiro atoms. The molecule has 3 heteroatoms. The Balaban J connectivity index is 1.57. The first kappa shape index (κ1) is 18.0. The third kappa shape index (κ3) is 3.95. The van der Waals surface area contributed by atoms with Gasteiger partial charge < -0.3 is 9.52 Å². The van der Waals surface area contributed by atoms with Crippen molar-refractivity contribution in [2.75, 3.05) is 6.61 Å². The maximum atomic E-state index is 8.84. The minimum Gasteiger partial charge on any atom is -0.441 e. The van der Waals surface area contributed by atoms with E-state index in [0.717, 1.165) is 28.1 Å². The van der Waals surface area contributed by atoms with Crippen LogP contribution in [0.2, 0.25) is 0 Å². The molecule has 0 aliphatic rings. The van der Waals surface area contributed by atoms with Crippen LogP contribution in [0.25, 0.3) is 40.5 Å². The van der Waals surface area contributed by atoms with Gasteiger partial charge in [0.25, 0.3) is 0 Å². The number of fused-ring (bicyclic) bond motifs is 1. The summed E-state index contributed by atoms with van der Waals surface area (Å²) in [5, 5.41) is 11.2. The highest BCUT2D eigenvalue weighted by Gasteiger charge is 2.10. The molecule has 0 fully saturated rings. The Morgan fingerprint density at radius 3 is 2.32 bits per heavy atom. The molecule has 138 valence electrons. The Bertz CT molecular complexity index is 1150. The molecule has 0 aliphatic carbocycles. The van der Waals surface area contributed by atoms with E-state index in [1.807, 2.05) is 67.6 Å². The molecule has 28 heavy (non-hydrogen) atoms. The maximum Gasteiger partial charge on any atom is 0.226 e. The van der Waals surface area contributed by atoms with E-state index in [0.29, 0.717) is 5.89 Å². The summed E-state index contributed by atoms with van der Waals surface area (Å²) in [6, 6.07) is 22.6. The number of hydrogen-bond acceptors (Lipinski definition) is 3. The summed E-state index contributed by atoms with van der Waals surface area (Å²) >= 11 is 0. The van der Waals surface area contributed by atoms with E-state index >= 15 is 0 Å². The fraction of sp³-hybridized carbons (Fsp3) is 0.0800. The van der Waals surface area contributed by atoms with Crippen LogP contribution in [0, 0.1) is 6.92 Å². The van der Waals surface area contributed by atoms with Crippen LogP contribution < -0.4 is 0 Å². The summed E-state index contributed by atoms with van der Waals surface area (Å²) in [5.41, 5.74) is 3.94. The lowest BCUT2D eigenvalue weighted by Gasteiger charge is -1.99. The molecule has 4 aromatic rings. The molecule has 1 N–H and O–H groups in total. The highest BCUT2D eigenvalue weighted by atomic mass is 16.4. The molecule has 0 saturated carbocycles. The second-order valence-electron chi connectivity index (χ2n) is 6.61. The molecule has 0 amide bonds. The zero-order chi connectivity index (χ0) is 19.3. The lowest BCUT2D eigenvalue weighted by Crippen LogP contribution is -1.80. The Hall–Kier alpha value is -3.43. The largest absolute Gasteiger partial charge is 0.441 e. The molecule has 1 aromatic heterocycles. The second-order valence-corrected chi connectivity index (χ2v) is 6.61. The number of benzene rings is 3. The van der Waals surface area contributed by atoms with Crippen LogP contribution in [0.15, 0.2) is 77.2 Å². The van der Waals surface area contributed by atoms with Crippen LogP contribution in [0.1, 0.15) is 22.6 Å². The maximum absolute atomic E-state index is 8.84. The first-order chi connectivity index (χ1) is 13.7. The average Bonchev–Trinajstić information content (AvgIpc) is 3.11. The van der Waals surface area contributed by atoms with Gasteiger partial charge in [0.15, 0.2) is 0 Å². The molecule has 4 rings (SSSR count). The molecule has 0 radical (unpaired) electrons. The fourth-order valence-electron chi connectivity index (χ4n) is 3.09. The van der Waals surface area contributed by atoms with Crippen molar-refractivity contribution >= 4 is 29.0 Å². The van der Waals surface area contributed by atoms with Gasteiger partial charge >= 0.3 is 0 Å². The molecular formula is C25H21NO2. The van der Waals surface area contributed by atoms with Crippen molar-refractivity contribution in [2.45, 2.75) is 6.92 Å². The van der Waals surface area contributed by atoms with Gasteiger partial charge in [0, 0.05) is 5.56 Å². The Morgan fingerprint density at radius 1 is 0.857 bits per heavy atom. The lowest BCUT2D eigenvalue weighted by molar-refractivity contribution is 0.343. The van der Waals surface area contributed by atoms with E-state index in [2.05, 4.69) is 29.2 Å². The molecule has 0 aliphatic heterocycles. The monoisotopic (exact) mass is 367 g/mol. The summed E-state index contributed by atoms with van der Waals surface area (Å²) in [4.78, 5) is 4.67. The lowest BCUT2D eigenvalue weighted by atomic mass is 10.1. The van der Waals surface area contributed by atoms with E-state index in [1.165, 1.54) is 10.8 Å². The van der Waals surface area contributed by atoms with Crippen LogP contribution in [0.4, 0.5) is 0 Å². The Kier molecular flexibility index (Phi) is 5.18. The summed E-state index contributed by atoms with van der Waals surface area (Å²) in [6.45, 7) is 1.98. The second kappa shape index (κ2) is 8.07. The summed E-state index contributed by atoms with van der Waals surface area (Å²) < 4.78 is 5.91. The first-order valence-corrected chi connectivity index (χ1v) is 9.25. The predicted octanol–water partition coefficient (Wildman–Crippen LogP) is 5.98. The van der Waals surface area contributed by atoms with Crippen molar-refractivity contribution in [2.24, 2.45) is 0 Å². The minimum absolute atomic E-state index is 0.0482. The zero-order valence-electron chi connectivity index (χ0n) is 15.7. The molecule has 0 saturated heterocycles. The number of aliphatic hydroxyl groups is 1. The highest BCUT2D eigenvalue weighted by molar-refractivity contribution is 5.86. The quantitative estimate of drug-likeness (QED) is 0.472. The van der Waals surface area contributed by atoms with E-state index in [9.17, 15) is 0 Å². The minimum atomic E-state index is 0.0482. The Labute approximate surface area is 164 Å². The van der Waals surface area contributed by atoms with Gasteiger partial charge in [0.05, 0.1) is 6.61 Å². The van der Waals surface area contributed by atoms with Crippen molar-refractivity contribution < 1.29 is 9.52 Å². The van der Waals surface area contributed by atoms with Crippen LogP contribution in [-0.4, -0.2) is 16.7 Å². The zero-order valence-corrected chi connectivity index (χ0v) is 15.7. The number of nitrogens with zero attached hydrogens (tertiary/aromatic N) is 1. The molecule has 1 heterocycles. The number of aliphatic hydroxyl groups excluding tert-OH is 1. The predicted molar refractivity (Wildman–Crippen MR) is 116 cm³/mol. The smallest absolute Gasteiger partial charge is 0.226 e. The van der Waals surface area contributed by atoms with Gasteiger partial charge in [-0.25, -0.2) is 4.98 Å². The number of aromatic nitrogens is 1. The number of rotatable bonds is 5. The van der Waals surface area contributed by atoms with Crippen molar-refractivity contribution in [1.82, 2.24) is 4.98 Å². The summed E-state index contributed by atoms with van der Waals surface area (Å²) in [6.07, 6.45) is 7.61. The van der Waals surface area contributed by atoms with Crippen LogP contribution in [0.5, 0.6) is 0 Å². The van der Waals surface area contributed by atoms with Crippen LogP contribution >= 0.6 is 0 Å². The normalized spacial score (nSPS) is 11.8. The SMILES string of the molecule is Cc1oc(-c2ccc3ccccc3c2)nc1C=Cc1ccc(C=CCO)cc1. The third-order valence-corrected chi connectivity index (χ3v) is 4.61. The number of aryl methyl sites for hydroxylation is 1. The molecule has 3 aromatic carbocycles. The third-order valence-electron chi connectivity index (χ3n) is 4.61. The molecule has 0 bridgehead atoms. The fourth-order valence-corrected chi connectivity index (χ4v) is 3.09. The van der Waals surface area contributed by atoms with E-state index in [1.54, 1.807) is 6.08 Å². The highest BCUT2D eigenvalue weighted by Crippen LogP contribution is 2.26. The molecule has 3 nitrogen and oxygen atoms in total. The van der Waals surface area contributed by atoms with Crippen LogP contribution in [0.3, 0.4) is 0 Å². The van der Waals surface area contributed by atoms with E-state index < -0.39 is 0 Å². The molecule has 0 unspecified atom stereocenters. The summed E-state index contributed by atoms with van der Waals surface area (Å²) in [5.74, 6) is 1.43. The van der Waals surface area contributed by atoms with Gasteiger partial charge in [-0.05, 0) is 47.0 Å². The van der Waals surface area contributed by atoms with Gasteiger partial charge in [-0.2, -0.15) is 0 Å². The number of hydrogen-bond donors (Lipinski definition) is 1. The standard InChI is InChI=1S/C25H21NO2/c1-18-24(15-12-20-10-8-19(9-11-20)5-4-16-27)26-25(28-18)23-14-13-21-6-2-3-7-22(21)17-23/h2-15,17,27H,16H2,1H3. The van der Waals surface area contributed by atoms with Gasteiger partial charge in [-0.1, -0.05) is 72.8 Å². The topological polar surface area (TPSA) is 46.3 Å². The Morgan fingerprint density at radius 2 is 1.57 bits per heavy atom. The van der Waals surface area contributed by atoms with Gasteiger partial charge in [0.1, 0.15) is 11.5 Å². The van der Waals surface area contributed by atoms with Crippen LogP contribution in [-0.2, 0) is 0 Å². The van der Waals surface area contributed by atoms with Gasteiger partial charge in [-0.15, -0.1) is 0 Å². The van der Waals surface area contributed by atoms with Crippen molar-refractivity contribution in [3.63, 3.8) is 0 Å². The summed E-state index contributed by atoms with van der Waals surface area (Å²) in [7, 11) is 0. The average molecular weight is 367 g/mol. The molecular weight excluding hydrogens is 346 g/mol. The number of oxazole rings is 1. The first-order valence-electron chi connectivity index (χ1n) is 9.25. The van der Waals surface area contributed by atoms with Crippen molar-refractivity contribution in [3.05, 3.63) is 95.4 Å². The molecule has 0 atom stereocenters. The van der Waals surface area contributed by atoms with Gasteiger partial charge in [0.2, 0.25) is 5.89 Å². The van der Waals surface area contributed by atoms with Crippen molar-refractivity contribution in [3.8, 4) is 11.5 Å². The van der Waals surface area contributed by atoms with Gasteiger partial charge in [-0.3, -0.25) is 0 Å². The van der Waals surface area contributed by atoms with Crippen molar-refractivity contribution in [1.29, 1.82) is 0 Å².